The molecule has 1 rings (SSSR count). The average Bonchev–Trinajstić information content (AvgIpc) is 2.05. The third kappa shape index (κ3) is 1.44. The van der Waals surface area contributed by atoms with Gasteiger partial charge in [0.05, 0.1) is 0 Å². The van der Waals surface area contributed by atoms with Crippen LogP contribution in [0.2, 0.25) is 0 Å². The zero-order valence-corrected chi connectivity index (χ0v) is 5.92. The van der Waals surface area contributed by atoms with Crippen LogP contribution in [0.4, 0.5) is 0 Å². The normalized spacial score (nSPS) is 9.30. The van der Waals surface area contributed by atoms with Gasteiger partial charge in [0.2, 0.25) is 0 Å². The van der Waals surface area contributed by atoms with Gasteiger partial charge in [-0.25, -0.2) is 0 Å². The van der Waals surface area contributed by atoms with Crippen LogP contribution in [0.1, 0.15) is 22.8 Å². The maximum atomic E-state index is 10.2. The first-order valence-corrected chi connectivity index (χ1v) is 3.33. The number of carbonyl (C=O) groups excluding carboxylic acids is 1. The zero-order valence-electron chi connectivity index (χ0n) is 5.92. The molecule has 0 heterocycles. The first-order valence-electron chi connectivity index (χ1n) is 3.33. The van der Waals surface area contributed by atoms with Crippen LogP contribution in [-0.4, -0.2) is 6.29 Å². The fourth-order valence-corrected chi connectivity index (χ4v) is 0.812. The van der Waals surface area contributed by atoms with E-state index in [2.05, 4.69) is 6.07 Å². The second kappa shape index (κ2) is 3.16. The van der Waals surface area contributed by atoms with Gasteiger partial charge >= 0.3 is 0 Å². The molecule has 1 aromatic carbocycles. The molecule has 0 N–H and O–H groups in total. The molecular formula is C9H9O. The largest absolute Gasteiger partial charge is 0.298 e. The van der Waals surface area contributed by atoms with Crippen molar-refractivity contribution < 1.29 is 4.79 Å². The van der Waals surface area contributed by atoms with Crippen molar-refractivity contribution in [3.8, 4) is 0 Å². The van der Waals surface area contributed by atoms with Gasteiger partial charge in [-0.3, -0.25) is 4.79 Å². The molecule has 0 unspecified atom stereocenters. The Kier molecular flexibility index (Phi) is 2.21. The van der Waals surface area contributed by atoms with E-state index in [1.165, 1.54) is 0 Å². The minimum absolute atomic E-state index is 0.638. The van der Waals surface area contributed by atoms with Crippen LogP contribution in [0.3, 0.4) is 0 Å². The molecule has 0 bridgehead atoms. The highest BCUT2D eigenvalue weighted by Crippen LogP contribution is 2.01. The van der Waals surface area contributed by atoms with Crippen molar-refractivity contribution in [2.24, 2.45) is 0 Å². The van der Waals surface area contributed by atoms with Gasteiger partial charge in [-0.1, -0.05) is 25.1 Å². The van der Waals surface area contributed by atoms with Gasteiger partial charge in [-0.05, 0) is 18.1 Å². The minimum Gasteiger partial charge on any atom is -0.298 e. The second-order valence-electron chi connectivity index (χ2n) is 2.10. The number of hydrogen-bond donors (Lipinski definition) is 0. The van der Waals surface area contributed by atoms with Gasteiger partial charge in [-0.2, -0.15) is 0 Å². The monoisotopic (exact) mass is 133 g/mol. The lowest BCUT2D eigenvalue weighted by Gasteiger charge is -1.93. The molecule has 0 atom stereocenters. The third-order valence-electron chi connectivity index (χ3n) is 1.39. The Bertz CT molecular complexity index is 228. The van der Waals surface area contributed by atoms with Crippen molar-refractivity contribution in [3.63, 3.8) is 0 Å². The van der Waals surface area contributed by atoms with Crippen molar-refractivity contribution >= 4 is 6.29 Å². The summed E-state index contributed by atoms with van der Waals surface area (Å²) in [7, 11) is 0. The topological polar surface area (TPSA) is 17.1 Å². The highest BCUT2D eigenvalue weighted by molar-refractivity contribution is 5.74. The lowest BCUT2D eigenvalue weighted by Crippen LogP contribution is -1.84. The lowest BCUT2D eigenvalue weighted by atomic mass is 10.1. The van der Waals surface area contributed by atoms with E-state index in [1.54, 1.807) is 6.07 Å². The Morgan fingerprint density at radius 2 is 2.40 bits per heavy atom. The van der Waals surface area contributed by atoms with Crippen LogP contribution in [-0.2, 0) is 6.42 Å². The van der Waals surface area contributed by atoms with Crippen LogP contribution in [0, 0.1) is 6.07 Å². The van der Waals surface area contributed by atoms with Crippen molar-refractivity contribution in [3.05, 3.63) is 35.4 Å². The van der Waals surface area contributed by atoms with Gasteiger partial charge in [0.15, 0.2) is 6.29 Å². The molecule has 0 aliphatic heterocycles. The van der Waals surface area contributed by atoms with Gasteiger partial charge in [-0.15, -0.1) is 0 Å². The maximum absolute atomic E-state index is 10.2. The highest BCUT2D eigenvalue weighted by Gasteiger charge is 1.90. The Labute approximate surface area is 60.7 Å². The summed E-state index contributed by atoms with van der Waals surface area (Å²) in [5, 5.41) is 0. The summed E-state index contributed by atoms with van der Waals surface area (Å²) in [4.78, 5) is 10.2. The molecule has 0 aromatic heterocycles. The van der Waals surface area contributed by atoms with E-state index in [4.69, 9.17) is 0 Å². The molecule has 1 radical (unpaired) electrons. The molecule has 0 saturated heterocycles. The van der Waals surface area contributed by atoms with E-state index >= 15 is 0 Å². The number of hydrogen-bond acceptors (Lipinski definition) is 1. The first-order chi connectivity index (χ1) is 4.86. The van der Waals surface area contributed by atoms with Crippen molar-refractivity contribution in [2.45, 2.75) is 13.3 Å². The Morgan fingerprint density at radius 3 is 3.00 bits per heavy atom. The highest BCUT2D eigenvalue weighted by atomic mass is 16.1. The van der Waals surface area contributed by atoms with E-state index in [-0.39, 0.29) is 0 Å². The number of rotatable bonds is 2. The maximum Gasteiger partial charge on any atom is 0.150 e. The van der Waals surface area contributed by atoms with E-state index in [0.29, 0.717) is 5.56 Å². The van der Waals surface area contributed by atoms with Crippen LogP contribution >= 0.6 is 0 Å². The van der Waals surface area contributed by atoms with Crippen LogP contribution < -0.4 is 0 Å². The molecule has 51 valence electrons. The summed E-state index contributed by atoms with van der Waals surface area (Å²) < 4.78 is 0. The number of carbonyl (C=O) groups is 1. The molecular weight excluding hydrogens is 124 g/mol. The summed E-state index contributed by atoms with van der Waals surface area (Å²) in [6.07, 6.45) is 1.75. The fourth-order valence-electron chi connectivity index (χ4n) is 0.812. The predicted molar refractivity (Wildman–Crippen MR) is 40.0 cm³/mol. The second-order valence-corrected chi connectivity index (χ2v) is 2.10. The minimum atomic E-state index is 0.638. The lowest BCUT2D eigenvalue weighted by molar-refractivity contribution is 0.112. The van der Waals surface area contributed by atoms with Crippen molar-refractivity contribution in [2.75, 3.05) is 0 Å². The molecule has 1 nitrogen and oxygen atoms in total. The molecule has 10 heavy (non-hydrogen) atoms. The van der Waals surface area contributed by atoms with Crippen molar-refractivity contribution in [1.29, 1.82) is 0 Å². The summed E-state index contributed by atoms with van der Waals surface area (Å²) in [6, 6.07) is 8.57. The van der Waals surface area contributed by atoms with Gasteiger partial charge < -0.3 is 0 Å². The molecule has 0 amide bonds. The molecule has 1 heteroatoms. The summed E-state index contributed by atoms with van der Waals surface area (Å²) in [5.74, 6) is 0. The standard InChI is InChI=1S/C9H9O/c1-2-8-4-3-5-9(6-8)7-10/h3-5,7H,2H2,1H3. The van der Waals surface area contributed by atoms with Crippen LogP contribution in [0.5, 0.6) is 0 Å². The number of aldehydes is 1. The van der Waals surface area contributed by atoms with E-state index in [1.807, 2.05) is 19.1 Å². The molecule has 1 aromatic rings. The Morgan fingerprint density at radius 1 is 1.60 bits per heavy atom. The smallest absolute Gasteiger partial charge is 0.150 e. The van der Waals surface area contributed by atoms with Crippen LogP contribution in [0.15, 0.2) is 18.2 Å². The van der Waals surface area contributed by atoms with Crippen LogP contribution in [0.25, 0.3) is 0 Å². The molecule has 0 fully saturated rings. The van der Waals surface area contributed by atoms with E-state index in [9.17, 15) is 4.79 Å². The molecule has 0 aliphatic rings. The third-order valence-corrected chi connectivity index (χ3v) is 1.39. The zero-order chi connectivity index (χ0) is 7.40. The summed E-state index contributed by atoms with van der Waals surface area (Å²) in [5.41, 5.74) is 1.73. The van der Waals surface area contributed by atoms with Gasteiger partial charge in [0, 0.05) is 5.56 Å². The van der Waals surface area contributed by atoms with Gasteiger partial charge in [0.25, 0.3) is 0 Å². The molecule has 0 aliphatic carbocycles. The fraction of sp³-hybridized carbons (Fsp3) is 0.222. The first kappa shape index (κ1) is 7.00. The van der Waals surface area contributed by atoms with E-state index < -0.39 is 0 Å². The Hall–Kier alpha value is -1.11. The molecule has 0 saturated carbocycles. The predicted octanol–water partition coefficient (Wildman–Crippen LogP) is 1.86. The molecule has 0 spiro atoms. The quantitative estimate of drug-likeness (QED) is 0.563. The number of benzene rings is 1. The van der Waals surface area contributed by atoms with Crippen molar-refractivity contribution in [1.82, 2.24) is 0 Å². The Balaban J connectivity index is 2.98. The summed E-state index contributed by atoms with van der Waals surface area (Å²) >= 11 is 0. The van der Waals surface area contributed by atoms with Gasteiger partial charge in [0.1, 0.15) is 0 Å². The number of aryl methyl sites for hydroxylation is 1. The SMILES string of the molecule is CCc1[c]c(C=O)ccc1. The summed E-state index contributed by atoms with van der Waals surface area (Å²) in [6.45, 7) is 2.04. The average molecular weight is 133 g/mol. The van der Waals surface area contributed by atoms with E-state index in [0.717, 1.165) is 18.3 Å².